The Hall–Kier alpha value is -0.853. The van der Waals surface area contributed by atoms with Crippen LogP contribution in [0.15, 0.2) is 11.6 Å². The van der Waals surface area contributed by atoms with Gasteiger partial charge in [-0.3, -0.25) is 4.79 Å². The van der Waals surface area contributed by atoms with Gasteiger partial charge in [-0.1, -0.05) is 18.4 Å². The summed E-state index contributed by atoms with van der Waals surface area (Å²) in [4.78, 5) is 11.9. The Morgan fingerprint density at radius 2 is 1.88 bits per heavy atom. The standard InChI is InChI=1S/C23H34O2Si/c1-6-23(25-26(3,4)5)14-12-21-20-9-7-16-15-17(24)8-10-18(16)19(20)11-13-22(21,23)2/h1,15,18-21H,7-14H2,2-5H3. The lowest BCUT2D eigenvalue weighted by Gasteiger charge is -2.56. The Morgan fingerprint density at radius 1 is 1.12 bits per heavy atom. The summed E-state index contributed by atoms with van der Waals surface area (Å²) in [7, 11) is -1.71. The molecule has 0 amide bonds. The fraction of sp³-hybridized carbons (Fsp3) is 0.783. The highest BCUT2D eigenvalue weighted by atomic mass is 28.4. The van der Waals surface area contributed by atoms with Crippen LogP contribution in [0.25, 0.3) is 0 Å². The fourth-order valence-corrected chi connectivity index (χ4v) is 8.58. The van der Waals surface area contributed by atoms with Crippen LogP contribution in [0.4, 0.5) is 0 Å². The molecular weight excluding hydrogens is 336 g/mol. The summed E-state index contributed by atoms with van der Waals surface area (Å²) < 4.78 is 6.76. The van der Waals surface area contributed by atoms with Crippen LogP contribution in [-0.2, 0) is 9.22 Å². The van der Waals surface area contributed by atoms with Gasteiger partial charge in [0.25, 0.3) is 0 Å². The molecule has 3 heteroatoms. The molecule has 2 nitrogen and oxygen atoms in total. The molecule has 4 aliphatic rings. The third-order valence-corrected chi connectivity index (χ3v) is 9.09. The van der Waals surface area contributed by atoms with Gasteiger partial charge in [0.1, 0.15) is 5.60 Å². The first-order chi connectivity index (χ1) is 12.2. The number of terminal acetylenes is 1. The molecule has 0 aliphatic heterocycles. The van der Waals surface area contributed by atoms with Gasteiger partial charge < -0.3 is 4.43 Å². The van der Waals surface area contributed by atoms with Gasteiger partial charge in [-0.15, -0.1) is 6.42 Å². The van der Waals surface area contributed by atoms with E-state index in [1.807, 2.05) is 6.08 Å². The number of allylic oxidation sites excluding steroid dienone is 1. The summed E-state index contributed by atoms with van der Waals surface area (Å²) in [6, 6.07) is 0. The van der Waals surface area contributed by atoms with Crippen LogP contribution in [0.2, 0.25) is 19.6 Å². The zero-order valence-corrected chi connectivity index (χ0v) is 17.9. The SMILES string of the molecule is C#CC1(O[Si](C)(C)C)CCC2C3CCC4=CC(=O)CCC4C3CCC21C. The number of hydrogen-bond acceptors (Lipinski definition) is 2. The second-order valence-corrected chi connectivity index (χ2v) is 14.9. The van der Waals surface area contributed by atoms with E-state index in [1.54, 1.807) is 0 Å². The fourth-order valence-electron chi connectivity index (χ4n) is 7.14. The van der Waals surface area contributed by atoms with Crippen molar-refractivity contribution in [2.75, 3.05) is 0 Å². The summed E-state index contributed by atoms with van der Waals surface area (Å²) in [5.41, 5.74) is 1.23. The maximum absolute atomic E-state index is 11.9. The van der Waals surface area contributed by atoms with Crippen molar-refractivity contribution in [3.05, 3.63) is 11.6 Å². The van der Waals surface area contributed by atoms with E-state index in [0.717, 1.165) is 37.5 Å². The van der Waals surface area contributed by atoms with Gasteiger partial charge in [0.2, 0.25) is 0 Å². The highest BCUT2D eigenvalue weighted by Crippen LogP contribution is 2.66. The Balaban J connectivity index is 1.64. The monoisotopic (exact) mass is 370 g/mol. The van der Waals surface area contributed by atoms with E-state index in [-0.39, 0.29) is 11.0 Å². The predicted molar refractivity (Wildman–Crippen MR) is 108 cm³/mol. The number of hydrogen-bond donors (Lipinski definition) is 0. The average molecular weight is 371 g/mol. The molecule has 0 aromatic carbocycles. The number of ketones is 1. The van der Waals surface area contributed by atoms with Crippen molar-refractivity contribution in [2.24, 2.45) is 29.1 Å². The molecule has 0 aromatic heterocycles. The van der Waals surface area contributed by atoms with E-state index in [4.69, 9.17) is 10.8 Å². The van der Waals surface area contributed by atoms with Crippen LogP contribution in [0.3, 0.4) is 0 Å². The number of carbonyl (C=O) groups excluding carboxylic acids is 1. The molecule has 4 rings (SSSR count). The third-order valence-electron chi connectivity index (χ3n) is 8.13. The van der Waals surface area contributed by atoms with E-state index in [2.05, 4.69) is 32.5 Å². The zero-order valence-electron chi connectivity index (χ0n) is 16.9. The van der Waals surface area contributed by atoms with Crippen molar-refractivity contribution in [2.45, 2.75) is 83.5 Å². The highest BCUT2D eigenvalue weighted by molar-refractivity contribution is 6.69. The lowest BCUT2D eigenvalue weighted by Crippen LogP contribution is -2.56. The first-order valence-electron chi connectivity index (χ1n) is 10.6. The topological polar surface area (TPSA) is 26.3 Å². The summed E-state index contributed by atoms with van der Waals surface area (Å²) >= 11 is 0. The molecule has 4 aliphatic carbocycles. The van der Waals surface area contributed by atoms with Crippen molar-refractivity contribution in [1.82, 2.24) is 0 Å². The summed E-state index contributed by atoms with van der Waals surface area (Å²) in [5.74, 6) is 6.42. The molecular formula is C23H34O2Si. The molecule has 0 aromatic rings. The van der Waals surface area contributed by atoms with Crippen molar-refractivity contribution in [3.8, 4) is 12.3 Å². The Bertz CT molecular complexity index is 681. The third kappa shape index (κ3) is 2.68. The van der Waals surface area contributed by atoms with Gasteiger partial charge in [-0.25, -0.2) is 0 Å². The lowest BCUT2D eigenvalue weighted by molar-refractivity contribution is -0.116. The first kappa shape index (κ1) is 18.5. The van der Waals surface area contributed by atoms with Crippen molar-refractivity contribution in [1.29, 1.82) is 0 Å². The molecule has 26 heavy (non-hydrogen) atoms. The molecule has 0 heterocycles. The molecule has 3 saturated carbocycles. The largest absolute Gasteiger partial charge is 0.401 e. The number of carbonyl (C=O) groups is 1. The van der Waals surface area contributed by atoms with Gasteiger partial charge in [0.15, 0.2) is 14.1 Å². The van der Waals surface area contributed by atoms with Gasteiger partial charge in [0, 0.05) is 11.8 Å². The Labute approximate surface area is 160 Å². The van der Waals surface area contributed by atoms with Gasteiger partial charge in [-0.2, -0.15) is 0 Å². The lowest BCUT2D eigenvalue weighted by atomic mass is 9.50. The minimum atomic E-state index is -1.71. The Kier molecular flexibility index (Phi) is 4.32. The second-order valence-electron chi connectivity index (χ2n) is 10.5. The molecule has 142 valence electrons. The maximum atomic E-state index is 11.9. The van der Waals surface area contributed by atoms with Gasteiger partial charge in [-0.05, 0) is 94.3 Å². The minimum Gasteiger partial charge on any atom is -0.401 e. The molecule has 6 atom stereocenters. The molecule has 0 bridgehead atoms. The molecule has 6 unspecified atom stereocenters. The van der Waals surface area contributed by atoms with E-state index >= 15 is 0 Å². The van der Waals surface area contributed by atoms with Crippen LogP contribution in [0, 0.1) is 41.4 Å². The van der Waals surface area contributed by atoms with Crippen LogP contribution in [-0.4, -0.2) is 19.7 Å². The van der Waals surface area contributed by atoms with Crippen molar-refractivity contribution >= 4 is 14.1 Å². The molecule has 0 saturated heterocycles. The molecule has 0 radical (unpaired) electrons. The number of rotatable bonds is 2. The van der Waals surface area contributed by atoms with Crippen LogP contribution in [0.5, 0.6) is 0 Å². The molecule has 3 fully saturated rings. The van der Waals surface area contributed by atoms with Crippen LogP contribution in [0.1, 0.15) is 58.3 Å². The first-order valence-corrected chi connectivity index (χ1v) is 14.0. The zero-order chi connectivity index (χ0) is 18.7. The van der Waals surface area contributed by atoms with Crippen LogP contribution < -0.4 is 0 Å². The maximum Gasteiger partial charge on any atom is 0.185 e. The van der Waals surface area contributed by atoms with E-state index in [1.165, 1.54) is 31.3 Å². The molecule has 0 spiro atoms. The summed E-state index contributed by atoms with van der Waals surface area (Å²) in [6.07, 6.45) is 17.1. The minimum absolute atomic E-state index is 0.120. The predicted octanol–water partition coefficient (Wildman–Crippen LogP) is 5.35. The highest BCUT2D eigenvalue weighted by Gasteiger charge is 2.63. The Morgan fingerprint density at radius 3 is 2.58 bits per heavy atom. The van der Waals surface area contributed by atoms with E-state index in [0.29, 0.717) is 17.6 Å². The normalized spacial score (nSPS) is 45.2. The smallest absolute Gasteiger partial charge is 0.185 e. The number of fused-ring (bicyclic) bond motifs is 5. The van der Waals surface area contributed by atoms with Crippen LogP contribution >= 0.6 is 0 Å². The van der Waals surface area contributed by atoms with Gasteiger partial charge >= 0.3 is 0 Å². The van der Waals surface area contributed by atoms with Crippen molar-refractivity contribution in [3.63, 3.8) is 0 Å². The van der Waals surface area contributed by atoms with E-state index in [9.17, 15) is 4.79 Å². The quantitative estimate of drug-likeness (QED) is 0.484. The molecule has 0 N–H and O–H groups in total. The second kappa shape index (κ2) is 6.08. The van der Waals surface area contributed by atoms with E-state index < -0.39 is 8.32 Å². The average Bonchev–Trinajstić information content (AvgIpc) is 2.86. The summed E-state index contributed by atoms with van der Waals surface area (Å²) in [5, 5.41) is 0. The summed E-state index contributed by atoms with van der Waals surface area (Å²) in [6.45, 7) is 9.25. The van der Waals surface area contributed by atoms with Gasteiger partial charge in [0.05, 0.1) is 0 Å². The van der Waals surface area contributed by atoms with Crippen molar-refractivity contribution < 1.29 is 9.22 Å².